The van der Waals surface area contributed by atoms with E-state index in [0.717, 1.165) is 4.57 Å². The van der Waals surface area contributed by atoms with Crippen molar-refractivity contribution < 1.29 is 49.4 Å². The number of halogens is 5. The summed E-state index contributed by atoms with van der Waals surface area (Å²) < 4.78 is 109. The molecule has 2 aromatic carbocycles. The van der Waals surface area contributed by atoms with Crippen LogP contribution >= 0.6 is 0 Å². The first-order chi connectivity index (χ1) is 20.7. The number of nitrogens with one attached hydrogen (secondary N) is 1. The number of para-hydroxylation sites is 1. The predicted molar refractivity (Wildman–Crippen MR) is 145 cm³/mol. The molecule has 0 saturated carbocycles. The van der Waals surface area contributed by atoms with Gasteiger partial charge in [0.25, 0.3) is 5.91 Å². The molecule has 4 aromatic rings. The lowest BCUT2D eigenvalue weighted by atomic mass is 10.1. The maximum atomic E-state index is 14.1. The van der Waals surface area contributed by atoms with Crippen LogP contribution in [0.3, 0.4) is 0 Å². The zero-order valence-corrected chi connectivity index (χ0v) is 24.0. The monoisotopic (exact) mass is 640 g/mol. The number of fused-ring (bicyclic) bond motifs is 2. The number of aromatic nitrogens is 3. The Morgan fingerprint density at radius 1 is 1.14 bits per heavy atom. The van der Waals surface area contributed by atoms with Gasteiger partial charge in [-0.15, -0.1) is 8.78 Å². The van der Waals surface area contributed by atoms with Crippen molar-refractivity contribution in [3.63, 3.8) is 0 Å². The number of imidazole rings is 1. The van der Waals surface area contributed by atoms with Gasteiger partial charge in [0.2, 0.25) is 5.82 Å². The molecule has 1 aliphatic rings. The van der Waals surface area contributed by atoms with E-state index in [1.165, 1.54) is 68.8 Å². The summed E-state index contributed by atoms with van der Waals surface area (Å²) in [6, 6.07) is 9.76. The van der Waals surface area contributed by atoms with E-state index in [1.54, 1.807) is 0 Å². The van der Waals surface area contributed by atoms with Crippen LogP contribution in [-0.2, 0) is 27.3 Å². The second-order valence-electron chi connectivity index (χ2n) is 9.76. The molecule has 1 aliphatic heterocycles. The Balaban J connectivity index is 1.45. The SMILES string of the molecule is CCS(=O)(=O)c1ccc([C@H](CCOC)NC(=O)c2ccc3c(c2)nc(C(F)(F)F)n3Cc2cccc3c2OC(F)(F)O3)nc1. The number of sulfone groups is 1. The maximum absolute atomic E-state index is 14.1. The summed E-state index contributed by atoms with van der Waals surface area (Å²) >= 11 is 0. The number of ether oxygens (including phenoxy) is 3. The molecular formula is C28H25F5N4O6S. The van der Waals surface area contributed by atoms with Crippen LogP contribution in [0.5, 0.6) is 11.5 Å². The van der Waals surface area contributed by atoms with Crippen LogP contribution in [0.1, 0.15) is 46.8 Å². The summed E-state index contributed by atoms with van der Waals surface area (Å²) in [6.07, 6.45) is -7.43. The predicted octanol–water partition coefficient (Wildman–Crippen LogP) is 5.12. The van der Waals surface area contributed by atoms with Gasteiger partial charge in [0.05, 0.1) is 40.0 Å². The third-order valence-corrected chi connectivity index (χ3v) is 8.59. The number of hydrogen-bond donors (Lipinski definition) is 1. The highest BCUT2D eigenvalue weighted by molar-refractivity contribution is 7.91. The first kappa shape index (κ1) is 31.1. The molecule has 1 amide bonds. The Kier molecular flexibility index (Phi) is 8.24. The number of pyridine rings is 1. The summed E-state index contributed by atoms with van der Waals surface area (Å²) in [5, 5.41) is 2.76. The van der Waals surface area contributed by atoms with Crippen LogP contribution in [-0.4, -0.2) is 54.6 Å². The van der Waals surface area contributed by atoms with Crippen molar-refractivity contribution in [1.82, 2.24) is 19.9 Å². The van der Waals surface area contributed by atoms with Gasteiger partial charge in [0.1, 0.15) is 0 Å². The van der Waals surface area contributed by atoms with E-state index in [0.29, 0.717) is 5.69 Å². The quantitative estimate of drug-likeness (QED) is 0.237. The average molecular weight is 641 g/mol. The third-order valence-electron chi connectivity index (χ3n) is 6.87. The Morgan fingerprint density at radius 2 is 1.91 bits per heavy atom. The molecule has 0 unspecified atom stereocenters. The highest BCUT2D eigenvalue weighted by atomic mass is 32.2. The fourth-order valence-electron chi connectivity index (χ4n) is 4.69. The smallest absolute Gasteiger partial charge is 0.395 e. The topological polar surface area (TPSA) is 122 Å². The number of methoxy groups -OCH3 is 1. The van der Waals surface area contributed by atoms with Crippen molar-refractivity contribution in [3.8, 4) is 11.5 Å². The van der Waals surface area contributed by atoms with Crippen molar-refractivity contribution in [2.24, 2.45) is 0 Å². The number of carbonyl (C=O) groups excluding carboxylic acids is 1. The summed E-state index contributed by atoms with van der Waals surface area (Å²) in [7, 11) is -2.04. The van der Waals surface area contributed by atoms with Crippen LogP contribution in [0.2, 0.25) is 0 Å². The van der Waals surface area contributed by atoms with E-state index >= 15 is 0 Å². The summed E-state index contributed by atoms with van der Waals surface area (Å²) in [6.45, 7) is 1.18. The zero-order chi connectivity index (χ0) is 31.9. The molecule has 0 fully saturated rings. The fraction of sp³-hybridized carbons (Fsp3) is 0.321. The van der Waals surface area contributed by atoms with Crippen LogP contribution in [0.25, 0.3) is 11.0 Å². The number of alkyl halides is 5. The van der Waals surface area contributed by atoms with Crippen molar-refractivity contribution in [2.45, 2.75) is 43.3 Å². The molecule has 234 valence electrons. The molecule has 0 aliphatic carbocycles. The van der Waals surface area contributed by atoms with E-state index in [4.69, 9.17) is 4.74 Å². The van der Waals surface area contributed by atoms with Crippen LogP contribution in [0, 0.1) is 0 Å². The summed E-state index contributed by atoms with van der Waals surface area (Å²) in [5.41, 5.74) is 0.156. The molecule has 0 saturated heterocycles. The molecule has 2 aromatic heterocycles. The van der Waals surface area contributed by atoms with Gasteiger partial charge >= 0.3 is 12.5 Å². The molecular weight excluding hydrogens is 615 g/mol. The van der Waals surface area contributed by atoms with Crippen LogP contribution in [0.15, 0.2) is 59.6 Å². The lowest BCUT2D eigenvalue weighted by Gasteiger charge is -2.18. The number of amides is 1. The highest BCUT2D eigenvalue weighted by Gasteiger charge is 2.45. The molecule has 0 bridgehead atoms. The van der Waals surface area contributed by atoms with Gasteiger partial charge < -0.3 is 24.1 Å². The first-order valence-corrected chi connectivity index (χ1v) is 14.8. The molecule has 1 atom stereocenters. The number of benzene rings is 2. The number of rotatable bonds is 10. The summed E-state index contributed by atoms with van der Waals surface area (Å²) in [4.78, 5) is 21.2. The highest BCUT2D eigenvalue weighted by Crippen LogP contribution is 2.44. The van der Waals surface area contributed by atoms with Gasteiger partial charge in [0, 0.05) is 31.0 Å². The van der Waals surface area contributed by atoms with E-state index in [-0.39, 0.29) is 57.3 Å². The molecule has 44 heavy (non-hydrogen) atoms. The van der Waals surface area contributed by atoms with E-state index < -0.39 is 46.6 Å². The minimum absolute atomic E-state index is 0.00228. The number of hydrogen-bond acceptors (Lipinski definition) is 8. The van der Waals surface area contributed by atoms with Gasteiger partial charge in [-0.1, -0.05) is 19.1 Å². The van der Waals surface area contributed by atoms with Gasteiger partial charge in [-0.2, -0.15) is 13.2 Å². The molecule has 0 radical (unpaired) electrons. The molecule has 10 nitrogen and oxygen atoms in total. The normalized spacial score (nSPS) is 15.0. The lowest BCUT2D eigenvalue weighted by molar-refractivity contribution is -0.287. The maximum Gasteiger partial charge on any atom is 0.586 e. The Hall–Kier alpha value is -4.31. The summed E-state index contributed by atoms with van der Waals surface area (Å²) in [5.74, 6) is -2.78. The minimum Gasteiger partial charge on any atom is -0.395 e. The fourth-order valence-corrected chi connectivity index (χ4v) is 5.51. The molecule has 5 rings (SSSR count). The van der Waals surface area contributed by atoms with E-state index in [9.17, 15) is 35.2 Å². The van der Waals surface area contributed by atoms with Gasteiger partial charge in [-0.25, -0.2) is 13.4 Å². The van der Waals surface area contributed by atoms with Crippen LogP contribution in [0.4, 0.5) is 22.0 Å². The Bertz CT molecular complexity index is 1810. The van der Waals surface area contributed by atoms with E-state index in [1.807, 2.05) is 0 Å². The van der Waals surface area contributed by atoms with Crippen LogP contribution < -0.4 is 14.8 Å². The van der Waals surface area contributed by atoms with Gasteiger partial charge in [-0.3, -0.25) is 9.78 Å². The minimum atomic E-state index is -4.92. The van der Waals surface area contributed by atoms with Crippen molar-refractivity contribution >= 4 is 26.8 Å². The van der Waals surface area contributed by atoms with Crippen molar-refractivity contribution in [2.75, 3.05) is 19.5 Å². The lowest BCUT2D eigenvalue weighted by Crippen LogP contribution is -2.30. The molecule has 1 N–H and O–H groups in total. The average Bonchev–Trinajstić information content (AvgIpc) is 3.51. The largest absolute Gasteiger partial charge is 0.586 e. The van der Waals surface area contributed by atoms with Crippen molar-refractivity contribution in [1.29, 1.82) is 0 Å². The van der Waals surface area contributed by atoms with E-state index in [2.05, 4.69) is 24.8 Å². The Labute approximate surface area is 247 Å². The molecule has 0 spiro atoms. The Morgan fingerprint density at radius 3 is 2.57 bits per heavy atom. The number of nitrogens with zero attached hydrogens (tertiary/aromatic N) is 3. The standard InChI is InChI=1S/C28H25F5N4O6S/c1-3-44(39,40)18-8-9-19(34-14-18)20(11-12-41-2)35-25(38)16-7-10-22-21(13-16)36-26(27(29,30)31)37(22)15-17-5-4-6-23-24(17)43-28(32,33)42-23/h4-10,13-14,20H,3,11-12,15H2,1-2H3,(H,35,38)/t20-/m0/s1. The second-order valence-corrected chi connectivity index (χ2v) is 12.0. The second kappa shape index (κ2) is 11.6. The third kappa shape index (κ3) is 6.31. The first-order valence-electron chi connectivity index (χ1n) is 13.2. The molecule has 3 heterocycles. The van der Waals surface area contributed by atoms with Crippen molar-refractivity contribution in [3.05, 3.63) is 77.4 Å². The molecule has 16 heteroatoms. The zero-order valence-electron chi connectivity index (χ0n) is 23.2. The number of carbonyl (C=O) groups is 1. The van der Waals surface area contributed by atoms with Gasteiger partial charge in [-0.05, 0) is 42.8 Å². The van der Waals surface area contributed by atoms with Gasteiger partial charge in [0.15, 0.2) is 21.3 Å².